The number of methoxy groups -OCH3 is 1. The number of fused-ring (bicyclic) bond motifs is 1. The largest absolute Gasteiger partial charge is 0.469 e. The first-order chi connectivity index (χ1) is 9.22. The minimum absolute atomic E-state index is 0.164. The third-order valence-electron chi connectivity index (χ3n) is 2.97. The lowest BCUT2D eigenvalue weighted by Gasteiger charge is -2.10. The molecule has 0 aliphatic carbocycles. The minimum Gasteiger partial charge on any atom is -0.469 e. The Hall–Kier alpha value is -1.55. The first-order valence-corrected chi connectivity index (χ1v) is 6.99. The molecule has 0 aromatic heterocycles. The molecule has 0 radical (unpaired) electrons. The van der Waals surface area contributed by atoms with Gasteiger partial charge in [-0.3, -0.25) is 4.79 Å². The number of nitrogens with one attached hydrogen (secondary N) is 1. The average molecular weight is 322 g/mol. The second-order valence-corrected chi connectivity index (χ2v) is 5.10. The molecule has 0 unspecified atom stereocenters. The Morgan fingerprint density at radius 3 is 2.68 bits per heavy atom. The fraction of sp³-hybridized carbons (Fsp3) is 0.267. The standard InChI is InChI=1S/C15H16BrNO2/c1-19-15(18)7-4-10-17-14-9-8-13(16)11-5-2-3-6-12(11)14/h2-3,5-6,8-9,17H,4,7,10H2,1H3. The van der Waals surface area contributed by atoms with E-state index in [0.29, 0.717) is 6.42 Å². The van der Waals surface area contributed by atoms with Gasteiger partial charge in [0.15, 0.2) is 0 Å². The van der Waals surface area contributed by atoms with E-state index in [1.54, 1.807) is 0 Å². The fourth-order valence-electron chi connectivity index (χ4n) is 1.97. The highest BCUT2D eigenvalue weighted by molar-refractivity contribution is 9.10. The number of carbonyl (C=O) groups is 1. The second kappa shape index (κ2) is 6.57. The number of anilines is 1. The van der Waals surface area contributed by atoms with Gasteiger partial charge in [-0.25, -0.2) is 0 Å². The van der Waals surface area contributed by atoms with Crippen LogP contribution in [-0.4, -0.2) is 19.6 Å². The number of hydrogen-bond acceptors (Lipinski definition) is 3. The summed E-state index contributed by atoms with van der Waals surface area (Å²) in [6.07, 6.45) is 1.20. The summed E-state index contributed by atoms with van der Waals surface area (Å²) in [5.41, 5.74) is 1.09. The van der Waals surface area contributed by atoms with Gasteiger partial charge in [-0.05, 0) is 23.9 Å². The summed E-state index contributed by atoms with van der Waals surface area (Å²) < 4.78 is 5.70. The summed E-state index contributed by atoms with van der Waals surface area (Å²) in [6.45, 7) is 0.751. The number of carbonyl (C=O) groups excluding carboxylic acids is 1. The van der Waals surface area contributed by atoms with Gasteiger partial charge in [0.1, 0.15) is 0 Å². The van der Waals surface area contributed by atoms with E-state index in [4.69, 9.17) is 0 Å². The van der Waals surface area contributed by atoms with Crippen molar-refractivity contribution in [3.8, 4) is 0 Å². The Balaban J connectivity index is 2.05. The van der Waals surface area contributed by atoms with Gasteiger partial charge in [-0.2, -0.15) is 0 Å². The summed E-state index contributed by atoms with van der Waals surface area (Å²) in [7, 11) is 1.41. The minimum atomic E-state index is -0.164. The maximum Gasteiger partial charge on any atom is 0.305 e. The van der Waals surface area contributed by atoms with Crippen molar-refractivity contribution in [1.29, 1.82) is 0 Å². The summed E-state index contributed by atoms with van der Waals surface area (Å²) in [5, 5.41) is 5.72. The molecule has 0 saturated carbocycles. The summed E-state index contributed by atoms with van der Waals surface area (Å²) in [4.78, 5) is 11.0. The molecule has 0 aliphatic heterocycles. The Labute approximate surface area is 121 Å². The molecule has 2 aromatic rings. The molecular formula is C15H16BrNO2. The number of benzene rings is 2. The third-order valence-corrected chi connectivity index (χ3v) is 3.66. The highest BCUT2D eigenvalue weighted by Gasteiger charge is 2.04. The summed E-state index contributed by atoms with van der Waals surface area (Å²) in [6, 6.07) is 12.3. The molecule has 1 N–H and O–H groups in total. The fourth-order valence-corrected chi connectivity index (χ4v) is 2.45. The van der Waals surface area contributed by atoms with E-state index in [0.717, 1.165) is 23.1 Å². The van der Waals surface area contributed by atoms with Gasteiger partial charge in [-0.15, -0.1) is 0 Å². The van der Waals surface area contributed by atoms with Crippen LogP contribution in [0.4, 0.5) is 5.69 Å². The molecule has 0 atom stereocenters. The van der Waals surface area contributed by atoms with Gasteiger partial charge in [0, 0.05) is 28.5 Å². The quantitative estimate of drug-likeness (QED) is 0.669. The lowest BCUT2D eigenvalue weighted by Crippen LogP contribution is -2.06. The van der Waals surface area contributed by atoms with Crippen molar-refractivity contribution in [2.45, 2.75) is 12.8 Å². The number of ether oxygens (including phenoxy) is 1. The number of rotatable bonds is 5. The van der Waals surface area contributed by atoms with Crippen molar-refractivity contribution in [1.82, 2.24) is 0 Å². The molecule has 0 amide bonds. The molecule has 2 aromatic carbocycles. The van der Waals surface area contributed by atoms with Crippen LogP contribution in [0, 0.1) is 0 Å². The van der Waals surface area contributed by atoms with Crippen molar-refractivity contribution in [2.75, 3.05) is 19.0 Å². The lowest BCUT2D eigenvalue weighted by molar-refractivity contribution is -0.140. The molecule has 0 fully saturated rings. The zero-order valence-corrected chi connectivity index (χ0v) is 12.4. The molecule has 3 nitrogen and oxygen atoms in total. The monoisotopic (exact) mass is 321 g/mol. The molecule has 4 heteroatoms. The molecule has 0 heterocycles. The summed E-state index contributed by atoms with van der Waals surface area (Å²) >= 11 is 3.55. The van der Waals surface area contributed by atoms with Crippen LogP contribution in [-0.2, 0) is 9.53 Å². The smallest absolute Gasteiger partial charge is 0.305 e. The number of halogens is 1. The van der Waals surface area contributed by atoms with Crippen LogP contribution >= 0.6 is 15.9 Å². The predicted octanol–water partition coefficient (Wildman–Crippen LogP) is 3.97. The van der Waals surface area contributed by atoms with Crippen LogP contribution in [0.15, 0.2) is 40.9 Å². The van der Waals surface area contributed by atoms with Gasteiger partial charge < -0.3 is 10.1 Å². The molecule has 0 bridgehead atoms. The zero-order valence-electron chi connectivity index (χ0n) is 10.8. The number of esters is 1. The Kier molecular flexibility index (Phi) is 4.80. The maximum atomic E-state index is 11.0. The van der Waals surface area contributed by atoms with Crippen molar-refractivity contribution < 1.29 is 9.53 Å². The predicted molar refractivity (Wildman–Crippen MR) is 81.4 cm³/mol. The highest BCUT2D eigenvalue weighted by Crippen LogP contribution is 2.29. The first kappa shape index (κ1) is 13.9. The zero-order chi connectivity index (χ0) is 13.7. The van der Waals surface area contributed by atoms with Crippen LogP contribution in [0.1, 0.15) is 12.8 Å². The number of hydrogen-bond donors (Lipinski definition) is 1. The molecule has 100 valence electrons. The van der Waals surface area contributed by atoms with Crippen LogP contribution in [0.3, 0.4) is 0 Å². The molecule has 0 aliphatic rings. The van der Waals surface area contributed by atoms with E-state index < -0.39 is 0 Å². The van der Waals surface area contributed by atoms with Crippen LogP contribution < -0.4 is 5.32 Å². The van der Waals surface area contributed by atoms with E-state index in [-0.39, 0.29) is 5.97 Å². The normalized spacial score (nSPS) is 10.4. The van der Waals surface area contributed by atoms with Crippen molar-refractivity contribution in [3.63, 3.8) is 0 Å². The van der Waals surface area contributed by atoms with E-state index in [9.17, 15) is 4.79 Å². The Morgan fingerprint density at radius 1 is 1.21 bits per heavy atom. The Bertz CT molecular complexity index is 583. The van der Waals surface area contributed by atoms with Gasteiger partial charge in [0.25, 0.3) is 0 Å². The molecular weight excluding hydrogens is 306 g/mol. The van der Waals surface area contributed by atoms with E-state index in [1.165, 1.54) is 17.9 Å². The van der Waals surface area contributed by atoms with Crippen LogP contribution in [0.5, 0.6) is 0 Å². The maximum absolute atomic E-state index is 11.0. The van der Waals surface area contributed by atoms with E-state index >= 15 is 0 Å². The van der Waals surface area contributed by atoms with Crippen LogP contribution in [0.25, 0.3) is 10.8 Å². The van der Waals surface area contributed by atoms with Gasteiger partial charge in [-0.1, -0.05) is 40.2 Å². The SMILES string of the molecule is COC(=O)CCCNc1ccc(Br)c2ccccc12. The molecule has 19 heavy (non-hydrogen) atoms. The lowest BCUT2D eigenvalue weighted by atomic mass is 10.1. The highest BCUT2D eigenvalue weighted by atomic mass is 79.9. The molecule has 2 rings (SSSR count). The van der Waals surface area contributed by atoms with Crippen molar-refractivity contribution in [3.05, 3.63) is 40.9 Å². The summed E-state index contributed by atoms with van der Waals surface area (Å²) in [5.74, 6) is -0.164. The molecule has 0 saturated heterocycles. The van der Waals surface area contributed by atoms with Gasteiger partial charge in [0.2, 0.25) is 0 Å². The molecule has 0 spiro atoms. The topological polar surface area (TPSA) is 38.3 Å². The third kappa shape index (κ3) is 3.47. The Morgan fingerprint density at radius 2 is 1.95 bits per heavy atom. The van der Waals surface area contributed by atoms with Gasteiger partial charge >= 0.3 is 5.97 Å². The van der Waals surface area contributed by atoms with Crippen molar-refractivity contribution >= 4 is 38.4 Å². The van der Waals surface area contributed by atoms with E-state index in [2.05, 4.69) is 38.1 Å². The van der Waals surface area contributed by atoms with E-state index in [1.807, 2.05) is 24.3 Å². The van der Waals surface area contributed by atoms with Crippen molar-refractivity contribution in [2.24, 2.45) is 0 Å². The second-order valence-electron chi connectivity index (χ2n) is 4.25. The average Bonchev–Trinajstić information content (AvgIpc) is 2.45. The van der Waals surface area contributed by atoms with Gasteiger partial charge in [0.05, 0.1) is 7.11 Å². The first-order valence-electron chi connectivity index (χ1n) is 6.20. The van der Waals surface area contributed by atoms with Crippen LogP contribution in [0.2, 0.25) is 0 Å².